The highest BCUT2D eigenvalue weighted by atomic mass is 16.5. The van der Waals surface area contributed by atoms with Crippen molar-refractivity contribution in [1.82, 2.24) is 4.98 Å². The Balaban J connectivity index is 2.33. The van der Waals surface area contributed by atoms with Crippen LogP contribution in [0.4, 0.5) is 0 Å². The number of para-hydroxylation sites is 1. The molecule has 0 saturated carbocycles. The topological polar surface area (TPSA) is 65.2 Å². The SMILES string of the molecule is COC(=O)[C@H](N)Cc1cccc2cccnc12. The van der Waals surface area contributed by atoms with E-state index < -0.39 is 12.0 Å². The van der Waals surface area contributed by atoms with Gasteiger partial charge in [0.1, 0.15) is 6.04 Å². The Labute approximate surface area is 99.4 Å². The van der Waals surface area contributed by atoms with Gasteiger partial charge in [-0.25, -0.2) is 0 Å². The molecule has 17 heavy (non-hydrogen) atoms. The monoisotopic (exact) mass is 230 g/mol. The maximum atomic E-state index is 11.3. The molecular weight excluding hydrogens is 216 g/mol. The van der Waals surface area contributed by atoms with E-state index in [2.05, 4.69) is 9.72 Å². The van der Waals surface area contributed by atoms with Gasteiger partial charge in [-0.2, -0.15) is 0 Å². The maximum absolute atomic E-state index is 11.3. The minimum Gasteiger partial charge on any atom is -0.468 e. The fourth-order valence-electron chi connectivity index (χ4n) is 1.80. The van der Waals surface area contributed by atoms with Gasteiger partial charge in [-0.1, -0.05) is 24.3 Å². The summed E-state index contributed by atoms with van der Waals surface area (Å²) in [6.07, 6.45) is 2.16. The summed E-state index contributed by atoms with van der Waals surface area (Å²) in [6, 6.07) is 9.06. The number of rotatable bonds is 3. The molecule has 4 heteroatoms. The molecule has 0 spiro atoms. The number of esters is 1. The fourth-order valence-corrected chi connectivity index (χ4v) is 1.80. The normalized spacial score (nSPS) is 12.4. The zero-order chi connectivity index (χ0) is 12.3. The number of carbonyl (C=O) groups is 1. The molecule has 4 nitrogen and oxygen atoms in total. The Bertz CT molecular complexity index is 534. The predicted molar refractivity (Wildman–Crippen MR) is 65.4 cm³/mol. The largest absolute Gasteiger partial charge is 0.468 e. The molecule has 0 aliphatic rings. The van der Waals surface area contributed by atoms with Crippen molar-refractivity contribution in [2.45, 2.75) is 12.5 Å². The van der Waals surface area contributed by atoms with Gasteiger partial charge in [0, 0.05) is 18.0 Å². The number of benzene rings is 1. The van der Waals surface area contributed by atoms with Gasteiger partial charge in [0.2, 0.25) is 0 Å². The maximum Gasteiger partial charge on any atom is 0.322 e. The van der Waals surface area contributed by atoms with Gasteiger partial charge in [-0.15, -0.1) is 0 Å². The quantitative estimate of drug-likeness (QED) is 0.807. The summed E-state index contributed by atoms with van der Waals surface area (Å²) in [6.45, 7) is 0. The van der Waals surface area contributed by atoms with E-state index in [1.807, 2.05) is 30.3 Å². The molecule has 1 heterocycles. The highest BCUT2D eigenvalue weighted by molar-refractivity contribution is 5.83. The molecule has 0 aliphatic heterocycles. The van der Waals surface area contributed by atoms with E-state index in [4.69, 9.17) is 5.73 Å². The lowest BCUT2D eigenvalue weighted by Crippen LogP contribution is -2.33. The van der Waals surface area contributed by atoms with Crippen LogP contribution in [-0.4, -0.2) is 24.1 Å². The van der Waals surface area contributed by atoms with E-state index in [1.165, 1.54) is 7.11 Å². The van der Waals surface area contributed by atoms with Crippen LogP contribution >= 0.6 is 0 Å². The molecule has 0 bridgehead atoms. The van der Waals surface area contributed by atoms with Crippen LogP contribution < -0.4 is 5.73 Å². The molecule has 1 atom stereocenters. The zero-order valence-electron chi connectivity index (χ0n) is 9.59. The van der Waals surface area contributed by atoms with Gasteiger partial charge in [-0.05, 0) is 11.6 Å². The molecule has 2 aromatic rings. The van der Waals surface area contributed by atoms with Crippen molar-refractivity contribution in [3.05, 3.63) is 42.1 Å². The second kappa shape index (κ2) is 4.93. The molecule has 0 saturated heterocycles. The molecule has 0 fully saturated rings. The summed E-state index contributed by atoms with van der Waals surface area (Å²) in [4.78, 5) is 15.6. The molecule has 1 aromatic heterocycles. The van der Waals surface area contributed by atoms with Crippen LogP contribution in [0.3, 0.4) is 0 Å². The number of nitrogens with two attached hydrogens (primary N) is 1. The summed E-state index contributed by atoms with van der Waals surface area (Å²) in [5, 5.41) is 1.04. The van der Waals surface area contributed by atoms with Crippen LogP contribution in [0.1, 0.15) is 5.56 Å². The minimum atomic E-state index is -0.646. The number of ether oxygens (including phenoxy) is 1. The second-order valence-corrected chi connectivity index (χ2v) is 3.83. The minimum absolute atomic E-state index is 0.405. The molecule has 2 N–H and O–H groups in total. The van der Waals surface area contributed by atoms with Crippen LogP contribution in [0.25, 0.3) is 10.9 Å². The summed E-state index contributed by atoms with van der Waals surface area (Å²) in [5.41, 5.74) is 7.59. The van der Waals surface area contributed by atoms with Gasteiger partial charge in [0.05, 0.1) is 12.6 Å². The Morgan fingerprint density at radius 1 is 1.41 bits per heavy atom. The number of hydrogen-bond donors (Lipinski definition) is 1. The van der Waals surface area contributed by atoms with Crippen LogP contribution in [0.2, 0.25) is 0 Å². The first-order chi connectivity index (χ1) is 8.22. The van der Waals surface area contributed by atoms with Gasteiger partial charge in [-0.3, -0.25) is 9.78 Å². The first kappa shape index (κ1) is 11.5. The molecule has 0 amide bonds. The van der Waals surface area contributed by atoms with E-state index in [9.17, 15) is 4.79 Å². The van der Waals surface area contributed by atoms with Crippen molar-refractivity contribution in [2.24, 2.45) is 5.73 Å². The van der Waals surface area contributed by atoms with E-state index in [0.29, 0.717) is 6.42 Å². The lowest BCUT2D eigenvalue weighted by molar-refractivity contribution is -0.142. The number of hydrogen-bond acceptors (Lipinski definition) is 4. The van der Waals surface area contributed by atoms with Gasteiger partial charge in [0.15, 0.2) is 0 Å². The number of fused-ring (bicyclic) bond motifs is 1. The molecule has 2 rings (SSSR count). The van der Waals surface area contributed by atoms with E-state index in [1.54, 1.807) is 6.20 Å². The number of carbonyl (C=O) groups excluding carboxylic acids is 1. The zero-order valence-corrected chi connectivity index (χ0v) is 9.59. The van der Waals surface area contributed by atoms with E-state index in [0.717, 1.165) is 16.5 Å². The van der Waals surface area contributed by atoms with Crippen LogP contribution in [-0.2, 0) is 16.0 Å². The van der Waals surface area contributed by atoms with Gasteiger partial charge < -0.3 is 10.5 Å². The van der Waals surface area contributed by atoms with Crippen LogP contribution in [0.15, 0.2) is 36.5 Å². The highest BCUT2D eigenvalue weighted by Gasteiger charge is 2.15. The molecule has 0 aliphatic carbocycles. The highest BCUT2D eigenvalue weighted by Crippen LogP contribution is 2.17. The smallest absolute Gasteiger partial charge is 0.322 e. The van der Waals surface area contributed by atoms with Crippen molar-refractivity contribution >= 4 is 16.9 Å². The average Bonchev–Trinajstić information content (AvgIpc) is 2.38. The van der Waals surface area contributed by atoms with Crippen molar-refractivity contribution in [3.63, 3.8) is 0 Å². The standard InChI is InChI=1S/C13H14N2O2/c1-17-13(16)11(14)8-10-5-2-4-9-6-3-7-15-12(9)10/h2-7,11H,8,14H2,1H3/t11-/m1/s1. The number of aromatic nitrogens is 1. The molecule has 1 aromatic carbocycles. The lowest BCUT2D eigenvalue weighted by atomic mass is 10.0. The lowest BCUT2D eigenvalue weighted by Gasteiger charge is -2.10. The third-order valence-corrected chi connectivity index (χ3v) is 2.66. The van der Waals surface area contributed by atoms with Crippen molar-refractivity contribution in [3.8, 4) is 0 Å². The number of methoxy groups -OCH3 is 1. The summed E-state index contributed by atoms with van der Waals surface area (Å²) in [5.74, 6) is -0.405. The molecular formula is C13H14N2O2. The van der Waals surface area contributed by atoms with E-state index >= 15 is 0 Å². The first-order valence-electron chi connectivity index (χ1n) is 5.38. The predicted octanol–water partition coefficient (Wildman–Crippen LogP) is 1.28. The summed E-state index contributed by atoms with van der Waals surface area (Å²) >= 11 is 0. The Kier molecular flexibility index (Phi) is 3.35. The summed E-state index contributed by atoms with van der Waals surface area (Å²) < 4.78 is 4.61. The van der Waals surface area contributed by atoms with E-state index in [-0.39, 0.29) is 0 Å². The third kappa shape index (κ3) is 2.42. The summed E-state index contributed by atoms with van der Waals surface area (Å²) in [7, 11) is 1.34. The Morgan fingerprint density at radius 2 is 2.18 bits per heavy atom. The Hall–Kier alpha value is -1.94. The second-order valence-electron chi connectivity index (χ2n) is 3.83. The Morgan fingerprint density at radius 3 is 2.94 bits per heavy atom. The fraction of sp³-hybridized carbons (Fsp3) is 0.231. The van der Waals surface area contributed by atoms with Crippen LogP contribution in [0.5, 0.6) is 0 Å². The average molecular weight is 230 g/mol. The molecule has 0 radical (unpaired) electrons. The third-order valence-electron chi connectivity index (χ3n) is 2.66. The van der Waals surface area contributed by atoms with Crippen LogP contribution in [0, 0.1) is 0 Å². The molecule has 88 valence electrons. The first-order valence-corrected chi connectivity index (χ1v) is 5.38. The number of pyridine rings is 1. The van der Waals surface area contributed by atoms with Gasteiger partial charge in [0.25, 0.3) is 0 Å². The van der Waals surface area contributed by atoms with Crippen molar-refractivity contribution < 1.29 is 9.53 Å². The number of nitrogens with zero attached hydrogens (tertiary/aromatic N) is 1. The van der Waals surface area contributed by atoms with Crippen molar-refractivity contribution in [2.75, 3.05) is 7.11 Å². The molecule has 0 unspecified atom stereocenters. The van der Waals surface area contributed by atoms with Crippen molar-refractivity contribution in [1.29, 1.82) is 0 Å². The van der Waals surface area contributed by atoms with Gasteiger partial charge >= 0.3 is 5.97 Å².